The summed E-state index contributed by atoms with van der Waals surface area (Å²) in [4.78, 5) is 8.93. The number of aromatic nitrogens is 2. The summed E-state index contributed by atoms with van der Waals surface area (Å²) in [7, 11) is 0. The van der Waals surface area contributed by atoms with Crippen LogP contribution < -0.4 is 0 Å². The zero-order valence-electron chi connectivity index (χ0n) is 13.3. The van der Waals surface area contributed by atoms with Gasteiger partial charge < -0.3 is 4.52 Å². The quantitative estimate of drug-likeness (QED) is 0.857. The molecule has 0 saturated carbocycles. The van der Waals surface area contributed by atoms with Gasteiger partial charge in [0, 0.05) is 39.1 Å². The van der Waals surface area contributed by atoms with Crippen molar-refractivity contribution in [2.24, 2.45) is 0 Å². The van der Waals surface area contributed by atoms with E-state index in [1.807, 2.05) is 0 Å². The Morgan fingerprint density at radius 3 is 2.65 bits per heavy atom. The second kappa shape index (κ2) is 6.95. The van der Waals surface area contributed by atoms with Crippen LogP contribution in [0.2, 0.25) is 5.02 Å². The number of halogens is 2. The zero-order chi connectivity index (χ0) is 16.4. The van der Waals surface area contributed by atoms with Crippen LogP contribution >= 0.6 is 11.6 Å². The molecule has 0 unspecified atom stereocenters. The number of hydrogen-bond donors (Lipinski definition) is 0. The highest BCUT2D eigenvalue weighted by Crippen LogP contribution is 2.25. The van der Waals surface area contributed by atoms with Crippen LogP contribution in [0.3, 0.4) is 0 Å². The lowest BCUT2D eigenvalue weighted by molar-refractivity contribution is 0.0956. The summed E-state index contributed by atoms with van der Waals surface area (Å²) in [5, 5.41) is 4.12. The van der Waals surface area contributed by atoms with Gasteiger partial charge in [0.05, 0.1) is 11.6 Å². The smallest absolute Gasteiger partial charge is 0.223 e. The molecule has 0 spiro atoms. The Balaban J connectivity index is 1.56. The second-order valence-electron chi connectivity index (χ2n) is 5.89. The van der Waals surface area contributed by atoms with Gasteiger partial charge in [0.25, 0.3) is 0 Å². The van der Waals surface area contributed by atoms with Gasteiger partial charge >= 0.3 is 0 Å². The maximum Gasteiger partial charge on any atom is 0.223 e. The Labute approximate surface area is 140 Å². The molecule has 0 bridgehead atoms. The molecule has 7 heteroatoms. The summed E-state index contributed by atoms with van der Waals surface area (Å²) in [6, 6.07) is 5.17. The van der Waals surface area contributed by atoms with E-state index in [1.54, 1.807) is 19.1 Å². The average molecular weight is 339 g/mol. The highest BCUT2D eigenvalue weighted by atomic mass is 35.5. The summed E-state index contributed by atoms with van der Waals surface area (Å²) in [5.41, 5.74) is 1.04. The van der Waals surface area contributed by atoms with Crippen molar-refractivity contribution in [1.82, 2.24) is 19.9 Å². The van der Waals surface area contributed by atoms with Gasteiger partial charge in [-0.15, -0.1) is 0 Å². The summed E-state index contributed by atoms with van der Waals surface area (Å²) in [5.74, 6) is 0.956. The van der Waals surface area contributed by atoms with Gasteiger partial charge in [0.1, 0.15) is 5.82 Å². The Kier molecular flexibility index (Phi) is 4.94. The van der Waals surface area contributed by atoms with Gasteiger partial charge in [-0.2, -0.15) is 4.98 Å². The number of benzene rings is 1. The van der Waals surface area contributed by atoms with Crippen molar-refractivity contribution in [2.75, 3.05) is 26.2 Å². The average Bonchev–Trinajstić information content (AvgIpc) is 2.95. The van der Waals surface area contributed by atoms with E-state index in [0.717, 1.165) is 37.6 Å². The van der Waals surface area contributed by atoms with Crippen molar-refractivity contribution < 1.29 is 8.91 Å². The van der Waals surface area contributed by atoms with E-state index >= 15 is 0 Å². The minimum Gasteiger partial charge on any atom is -0.340 e. The van der Waals surface area contributed by atoms with Gasteiger partial charge in [-0.05, 0) is 24.6 Å². The highest BCUT2D eigenvalue weighted by molar-refractivity contribution is 6.30. The molecule has 1 aliphatic rings. The van der Waals surface area contributed by atoms with Crippen molar-refractivity contribution in [3.8, 4) is 0 Å². The molecule has 2 heterocycles. The SMILES string of the molecule is Cc1nc(CN2CCN([C@@H](C)c3ccc(F)c(Cl)c3)CC2)no1. The Hall–Kier alpha value is -1.50. The third-order valence-electron chi connectivity index (χ3n) is 4.32. The van der Waals surface area contributed by atoms with Crippen LogP contribution in [0.15, 0.2) is 22.7 Å². The summed E-state index contributed by atoms with van der Waals surface area (Å²) < 4.78 is 18.3. The molecule has 23 heavy (non-hydrogen) atoms. The van der Waals surface area contributed by atoms with Crippen LogP contribution in [0.1, 0.15) is 30.2 Å². The second-order valence-corrected chi connectivity index (χ2v) is 6.30. The molecule has 2 aromatic rings. The van der Waals surface area contributed by atoms with E-state index in [4.69, 9.17) is 16.1 Å². The lowest BCUT2D eigenvalue weighted by Crippen LogP contribution is -2.46. The van der Waals surface area contributed by atoms with Crippen LogP contribution in [0.5, 0.6) is 0 Å². The molecule has 1 atom stereocenters. The predicted octanol–water partition coefficient (Wildman–Crippen LogP) is 3.05. The number of aryl methyl sites for hydroxylation is 1. The van der Waals surface area contributed by atoms with Gasteiger partial charge in [-0.25, -0.2) is 4.39 Å². The van der Waals surface area contributed by atoms with Gasteiger partial charge in [0.2, 0.25) is 5.89 Å². The van der Waals surface area contributed by atoms with Gasteiger partial charge in [-0.1, -0.05) is 22.8 Å². The van der Waals surface area contributed by atoms with Crippen LogP contribution in [0, 0.1) is 12.7 Å². The Morgan fingerprint density at radius 2 is 2.04 bits per heavy atom. The lowest BCUT2D eigenvalue weighted by Gasteiger charge is -2.37. The van der Waals surface area contributed by atoms with E-state index in [1.165, 1.54) is 6.07 Å². The van der Waals surface area contributed by atoms with E-state index in [9.17, 15) is 4.39 Å². The summed E-state index contributed by atoms with van der Waals surface area (Å²) in [6.07, 6.45) is 0. The van der Waals surface area contributed by atoms with Crippen LogP contribution in [0.25, 0.3) is 0 Å². The number of nitrogens with zero attached hydrogens (tertiary/aromatic N) is 4. The molecule has 0 aliphatic carbocycles. The molecule has 1 aromatic carbocycles. The first-order chi connectivity index (χ1) is 11.0. The first kappa shape index (κ1) is 16.4. The van der Waals surface area contributed by atoms with E-state index in [2.05, 4.69) is 26.9 Å². The van der Waals surface area contributed by atoms with E-state index in [-0.39, 0.29) is 16.9 Å². The largest absolute Gasteiger partial charge is 0.340 e. The lowest BCUT2D eigenvalue weighted by atomic mass is 10.1. The molecule has 1 aromatic heterocycles. The first-order valence-corrected chi connectivity index (χ1v) is 8.11. The van der Waals surface area contributed by atoms with E-state index in [0.29, 0.717) is 12.4 Å². The minimum atomic E-state index is -0.372. The normalized spacial score (nSPS) is 18.3. The third-order valence-corrected chi connectivity index (χ3v) is 4.60. The Bertz CT molecular complexity index is 670. The molecule has 0 N–H and O–H groups in total. The van der Waals surface area contributed by atoms with Crippen molar-refractivity contribution in [2.45, 2.75) is 26.4 Å². The molecular formula is C16H20ClFN4O. The molecule has 3 rings (SSSR count). The zero-order valence-corrected chi connectivity index (χ0v) is 14.1. The monoisotopic (exact) mass is 338 g/mol. The van der Waals surface area contributed by atoms with Crippen molar-refractivity contribution in [1.29, 1.82) is 0 Å². The molecule has 124 valence electrons. The minimum absolute atomic E-state index is 0.181. The van der Waals surface area contributed by atoms with Crippen molar-refractivity contribution in [3.63, 3.8) is 0 Å². The molecule has 5 nitrogen and oxygen atoms in total. The fourth-order valence-electron chi connectivity index (χ4n) is 2.90. The molecule has 1 fully saturated rings. The summed E-state index contributed by atoms with van der Waals surface area (Å²) >= 11 is 5.89. The molecule has 1 saturated heterocycles. The van der Waals surface area contributed by atoms with Crippen LogP contribution in [-0.2, 0) is 6.54 Å². The van der Waals surface area contributed by atoms with Gasteiger partial charge in [0.15, 0.2) is 5.82 Å². The number of rotatable bonds is 4. The maximum atomic E-state index is 13.3. The molecular weight excluding hydrogens is 319 g/mol. The number of piperazine rings is 1. The summed E-state index contributed by atoms with van der Waals surface area (Å²) in [6.45, 7) is 8.38. The fourth-order valence-corrected chi connectivity index (χ4v) is 3.09. The van der Waals surface area contributed by atoms with Crippen molar-refractivity contribution >= 4 is 11.6 Å². The first-order valence-electron chi connectivity index (χ1n) is 7.73. The molecule has 0 amide bonds. The standard InChI is InChI=1S/C16H20ClFN4O/c1-11(13-3-4-15(18)14(17)9-13)22-7-5-21(6-8-22)10-16-19-12(2)23-20-16/h3-4,9,11H,5-8,10H2,1-2H3/t11-/m0/s1. The van der Waals surface area contributed by atoms with Crippen molar-refractivity contribution in [3.05, 3.63) is 46.3 Å². The third kappa shape index (κ3) is 3.88. The molecule has 1 aliphatic heterocycles. The fraction of sp³-hybridized carbons (Fsp3) is 0.500. The number of hydrogen-bond acceptors (Lipinski definition) is 5. The predicted molar refractivity (Wildman–Crippen MR) is 85.7 cm³/mol. The van der Waals surface area contributed by atoms with Gasteiger partial charge in [-0.3, -0.25) is 9.80 Å². The Morgan fingerprint density at radius 1 is 1.30 bits per heavy atom. The van der Waals surface area contributed by atoms with Crippen LogP contribution in [0.4, 0.5) is 4.39 Å². The van der Waals surface area contributed by atoms with Crippen LogP contribution in [-0.4, -0.2) is 46.1 Å². The van der Waals surface area contributed by atoms with E-state index < -0.39 is 0 Å². The maximum absolute atomic E-state index is 13.3. The highest BCUT2D eigenvalue weighted by Gasteiger charge is 2.23. The topological polar surface area (TPSA) is 45.4 Å². The molecule has 0 radical (unpaired) electrons.